The molecule has 1 unspecified atom stereocenters. The molecule has 7 rings (SSSR count). The number of carbonyl (C=O) groups is 1. The summed E-state index contributed by atoms with van der Waals surface area (Å²) in [5, 5.41) is 54.0. The van der Waals surface area contributed by atoms with Gasteiger partial charge in [0.1, 0.15) is 24.4 Å². The van der Waals surface area contributed by atoms with Gasteiger partial charge in [-0.25, -0.2) is 4.79 Å². The topological polar surface area (TPSA) is 183 Å². The van der Waals surface area contributed by atoms with E-state index < -0.39 is 71.7 Å². The second kappa shape index (κ2) is 17.0. The number of aliphatic hydroxyl groups excluding tert-OH is 3. The van der Waals surface area contributed by atoms with Gasteiger partial charge in [-0.2, -0.15) is 0 Å². The van der Waals surface area contributed by atoms with E-state index in [0.717, 1.165) is 50.7 Å². The third-order valence-electron chi connectivity index (χ3n) is 14.0. The Morgan fingerprint density at radius 2 is 1.75 bits per heavy atom. The van der Waals surface area contributed by atoms with Crippen LogP contribution in [0.25, 0.3) is 0 Å². The zero-order chi connectivity index (χ0) is 40.9. The first-order valence-electron chi connectivity index (χ1n) is 21.7. The highest BCUT2D eigenvalue weighted by Gasteiger charge is 2.55. The molecule has 7 heterocycles. The van der Waals surface area contributed by atoms with Crippen molar-refractivity contribution < 1.29 is 63.5 Å². The van der Waals surface area contributed by atoms with Gasteiger partial charge in [0.25, 0.3) is 0 Å². The number of hydrogen-bond acceptors (Lipinski definition) is 12. The van der Waals surface area contributed by atoms with Crippen LogP contribution in [0.15, 0.2) is 36.0 Å². The molecule has 7 aliphatic heterocycles. The Morgan fingerprint density at radius 3 is 2.49 bits per heavy atom. The molecule has 13 nitrogen and oxygen atoms in total. The lowest BCUT2D eigenvalue weighted by atomic mass is 9.79. The minimum atomic E-state index is -1.96. The normalized spacial score (nSPS) is 45.4. The third kappa shape index (κ3) is 9.15. The predicted molar refractivity (Wildman–Crippen MR) is 208 cm³/mol. The van der Waals surface area contributed by atoms with Gasteiger partial charge in [-0.15, -0.1) is 0 Å². The number of carboxylic acids is 1. The van der Waals surface area contributed by atoms with E-state index in [-0.39, 0.29) is 36.6 Å². The minimum Gasteiger partial charge on any atom is -0.479 e. The van der Waals surface area contributed by atoms with Gasteiger partial charge in [-0.3, -0.25) is 0 Å². The highest BCUT2D eigenvalue weighted by atomic mass is 16.7. The third-order valence-corrected chi connectivity index (χ3v) is 14.0. The first-order chi connectivity index (χ1) is 26.9. The summed E-state index contributed by atoms with van der Waals surface area (Å²) in [7, 11) is 0. The van der Waals surface area contributed by atoms with Crippen molar-refractivity contribution in [1.29, 1.82) is 0 Å². The van der Waals surface area contributed by atoms with E-state index in [1.54, 1.807) is 6.08 Å². The Bertz CT molecular complexity index is 1510. The Kier molecular flexibility index (Phi) is 12.9. The van der Waals surface area contributed by atoms with Crippen LogP contribution in [-0.4, -0.2) is 122 Å². The fourth-order valence-corrected chi connectivity index (χ4v) is 10.5. The van der Waals surface area contributed by atoms with Crippen molar-refractivity contribution in [3.05, 3.63) is 36.0 Å². The fourth-order valence-electron chi connectivity index (χ4n) is 10.5. The summed E-state index contributed by atoms with van der Waals surface area (Å²) in [6.45, 7) is 14.5. The molecule has 57 heavy (non-hydrogen) atoms. The summed E-state index contributed by atoms with van der Waals surface area (Å²) in [5.74, 6) is -3.82. The number of hydrogen-bond donors (Lipinski definition) is 5. The maximum atomic E-state index is 11.6. The highest BCUT2D eigenvalue weighted by molar-refractivity contribution is 5.76. The summed E-state index contributed by atoms with van der Waals surface area (Å²) in [6.07, 6.45) is 9.37. The fraction of sp³-hybridized carbons (Fsp3) is 0.841. The van der Waals surface area contributed by atoms with Crippen LogP contribution in [-0.2, 0) is 38.0 Å². The van der Waals surface area contributed by atoms with Crippen molar-refractivity contribution in [2.75, 3.05) is 6.61 Å². The summed E-state index contributed by atoms with van der Waals surface area (Å²) in [5.41, 5.74) is -0.551. The zero-order valence-electron chi connectivity index (χ0n) is 34.6. The van der Waals surface area contributed by atoms with Gasteiger partial charge < -0.3 is 58.7 Å². The quantitative estimate of drug-likeness (QED) is 0.182. The number of carboxylic acid groups (broad SMARTS) is 1. The van der Waals surface area contributed by atoms with Crippen LogP contribution >= 0.6 is 0 Å². The lowest BCUT2D eigenvalue weighted by Crippen LogP contribution is -2.60. The Labute approximate surface area is 337 Å². The Balaban J connectivity index is 0.920. The standard InChI is InChI=1S/C44H68O13/c1-25-21-34(55-44(23-25)35(46)12-11-31(54-44)24-41(6,50)40(48)49)26(2)9-10-30-14-18-43(53-30)19-15-33-39(57-43)36(47)29(5)38(52-33)32(45)22-28(4)37-27(3)13-17-42(56-37)16-7-8-20-51-42/h9-10,23,26-28,30-39,45-47,50H,5,7-8,11-22,24H2,1-4,6H3,(H,48,49)/t26-,27+,28+,30-,31+,32-,33+,34+,35-,36+,37-,38-,39+,41?,42-,43+,44-/m0/s1. The number of fused-ring (bicyclic) bond motifs is 1. The molecular weight excluding hydrogens is 736 g/mol. The van der Waals surface area contributed by atoms with Crippen molar-refractivity contribution >= 4 is 5.97 Å². The van der Waals surface area contributed by atoms with Crippen molar-refractivity contribution in [3.8, 4) is 0 Å². The summed E-state index contributed by atoms with van der Waals surface area (Å²) in [6, 6.07) is 0. The van der Waals surface area contributed by atoms with E-state index >= 15 is 0 Å². The van der Waals surface area contributed by atoms with Crippen LogP contribution in [0.5, 0.6) is 0 Å². The molecule has 0 bridgehead atoms. The number of ether oxygens (including phenoxy) is 7. The van der Waals surface area contributed by atoms with Crippen LogP contribution in [0.1, 0.15) is 125 Å². The van der Waals surface area contributed by atoms with Crippen molar-refractivity contribution in [3.63, 3.8) is 0 Å². The molecule has 0 radical (unpaired) electrons. The van der Waals surface area contributed by atoms with E-state index in [2.05, 4.69) is 26.5 Å². The van der Waals surface area contributed by atoms with E-state index in [1.807, 2.05) is 19.9 Å². The molecule has 5 N–H and O–H groups in total. The van der Waals surface area contributed by atoms with Gasteiger partial charge in [0.05, 0.1) is 43.2 Å². The van der Waals surface area contributed by atoms with Gasteiger partial charge in [0.15, 0.2) is 17.2 Å². The minimum absolute atomic E-state index is 0.0423. The molecular formula is C44H68O13. The summed E-state index contributed by atoms with van der Waals surface area (Å²) in [4.78, 5) is 11.6. The van der Waals surface area contributed by atoms with E-state index in [1.165, 1.54) is 6.92 Å². The largest absolute Gasteiger partial charge is 0.479 e. The van der Waals surface area contributed by atoms with Crippen LogP contribution < -0.4 is 0 Å². The average molecular weight is 805 g/mol. The highest BCUT2D eigenvalue weighted by Crippen LogP contribution is 2.47. The van der Waals surface area contributed by atoms with Crippen LogP contribution in [0.2, 0.25) is 0 Å². The molecule has 0 amide bonds. The van der Waals surface area contributed by atoms with Gasteiger partial charge in [0.2, 0.25) is 5.79 Å². The van der Waals surface area contributed by atoms with Gasteiger partial charge >= 0.3 is 5.97 Å². The first-order valence-corrected chi connectivity index (χ1v) is 21.7. The van der Waals surface area contributed by atoms with Gasteiger partial charge in [-0.1, -0.05) is 45.1 Å². The molecule has 0 aromatic heterocycles. The monoisotopic (exact) mass is 804 g/mol. The maximum absolute atomic E-state index is 11.6. The molecule has 3 spiro atoms. The molecule has 13 heteroatoms. The maximum Gasteiger partial charge on any atom is 0.335 e. The molecule has 322 valence electrons. The Morgan fingerprint density at radius 1 is 1.00 bits per heavy atom. The van der Waals surface area contributed by atoms with Crippen molar-refractivity contribution in [2.24, 2.45) is 17.8 Å². The predicted octanol–water partition coefficient (Wildman–Crippen LogP) is 5.21. The first kappa shape index (κ1) is 43.3. The van der Waals surface area contributed by atoms with Gasteiger partial charge in [-0.05, 0) is 95.1 Å². The molecule has 17 atom stereocenters. The molecule has 7 aliphatic rings. The van der Waals surface area contributed by atoms with Crippen molar-refractivity contribution in [1.82, 2.24) is 0 Å². The molecule has 6 fully saturated rings. The molecule has 0 aromatic carbocycles. The molecule has 0 aliphatic carbocycles. The summed E-state index contributed by atoms with van der Waals surface area (Å²) >= 11 is 0. The molecule has 0 aromatic rings. The number of rotatable bonds is 10. The van der Waals surface area contributed by atoms with E-state index in [4.69, 9.17) is 33.2 Å². The van der Waals surface area contributed by atoms with Crippen LogP contribution in [0.4, 0.5) is 0 Å². The van der Waals surface area contributed by atoms with Crippen molar-refractivity contribution in [2.45, 2.75) is 209 Å². The second-order valence-corrected chi connectivity index (χ2v) is 18.9. The smallest absolute Gasteiger partial charge is 0.335 e. The van der Waals surface area contributed by atoms with Crippen LogP contribution in [0.3, 0.4) is 0 Å². The van der Waals surface area contributed by atoms with E-state index in [0.29, 0.717) is 56.4 Å². The van der Waals surface area contributed by atoms with Gasteiger partial charge in [0, 0.05) is 38.0 Å². The zero-order valence-corrected chi connectivity index (χ0v) is 34.6. The lowest BCUT2D eigenvalue weighted by molar-refractivity contribution is -0.321. The van der Waals surface area contributed by atoms with E-state index in [9.17, 15) is 30.3 Å². The molecule has 6 saturated heterocycles. The average Bonchev–Trinajstić information content (AvgIpc) is 3.56. The van der Waals surface area contributed by atoms with Crippen LogP contribution in [0, 0.1) is 17.8 Å². The number of aliphatic hydroxyl groups is 4. The summed E-state index contributed by atoms with van der Waals surface area (Å²) < 4.78 is 45.2. The number of aliphatic carboxylic acids is 1. The lowest BCUT2D eigenvalue weighted by Gasteiger charge is -2.50. The molecule has 0 saturated carbocycles. The second-order valence-electron chi connectivity index (χ2n) is 18.9. The Hall–Kier alpha value is -1.75. The SMILES string of the molecule is C=C1[C@@H](O)[C@@H]2O[C@]3(CC[C@H](C=C[C@H](C)[C@H]4CC(C)=C[C@]5(O[C@@H](CC(C)(O)C(=O)O)CC[C@@H]5O)O4)O3)CC[C@H]2O[C@@H]1[C@@H](O)C[C@@H](C)[C@H]1O[C@@]2(CCCCO2)CC[C@H]1C.